The Labute approximate surface area is 348 Å². The summed E-state index contributed by atoms with van der Waals surface area (Å²) in [6.45, 7) is 4.16. The number of hydrogen-bond acceptors (Lipinski definition) is 8. The maximum Gasteiger partial charge on any atom is 0.472 e. The summed E-state index contributed by atoms with van der Waals surface area (Å²) in [6, 6.07) is 0. The van der Waals surface area contributed by atoms with Gasteiger partial charge < -0.3 is 19.3 Å². The van der Waals surface area contributed by atoms with E-state index in [0.717, 1.165) is 70.6 Å². The van der Waals surface area contributed by atoms with E-state index in [1.807, 2.05) is 14.1 Å². The molecule has 0 aromatic carbocycles. The lowest BCUT2D eigenvalue weighted by atomic mass is 10.1. The number of carbonyl (C=O) groups excluding carboxylic acids is 2. The Morgan fingerprint density at radius 1 is 0.544 bits per heavy atom. The van der Waals surface area contributed by atoms with Crippen molar-refractivity contribution in [1.29, 1.82) is 0 Å². The number of esters is 2. The number of rotatable bonds is 39. The molecule has 0 heterocycles. The van der Waals surface area contributed by atoms with Crippen molar-refractivity contribution in [2.45, 2.75) is 161 Å². The number of allylic oxidation sites excluding steroid dienone is 14. The van der Waals surface area contributed by atoms with Gasteiger partial charge in [-0.3, -0.25) is 18.6 Å². The van der Waals surface area contributed by atoms with Crippen molar-refractivity contribution in [2.24, 2.45) is 0 Å². The zero-order valence-corrected chi connectivity index (χ0v) is 37.1. The molecule has 0 aliphatic carbocycles. The number of phosphoric ester groups is 1. The third-order valence-electron chi connectivity index (χ3n) is 8.67. The maximum atomic E-state index is 12.6. The van der Waals surface area contributed by atoms with E-state index in [2.05, 4.69) is 98.9 Å². The van der Waals surface area contributed by atoms with Gasteiger partial charge in [0.2, 0.25) is 0 Å². The van der Waals surface area contributed by atoms with Gasteiger partial charge >= 0.3 is 19.8 Å². The van der Waals surface area contributed by atoms with Gasteiger partial charge in [0, 0.05) is 19.4 Å². The van der Waals surface area contributed by atoms with Crippen LogP contribution in [0.3, 0.4) is 0 Å². The number of nitrogens with zero attached hydrogens (tertiary/aromatic N) is 1. The van der Waals surface area contributed by atoms with Gasteiger partial charge in [-0.2, -0.15) is 0 Å². The summed E-state index contributed by atoms with van der Waals surface area (Å²) in [4.78, 5) is 37.0. The second kappa shape index (κ2) is 41.4. The molecule has 2 atom stereocenters. The third-order valence-corrected chi connectivity index (χ3v) is 9.66. The van der Waals surface area contributed by atoms with Crippen LogP contribution in [-0.2, 0) is 32.7 Å². The van der Waals surface area contributed by atoms with Gasteiger partial charge in [0.1, 0.15) is 6.61 Å². The Morgan fingerprint density at radius 3 is 1.40 bits per heavy atom. The van der Waals surface area contributed by atoms with Crippen molar-refractivity contribution in [3.8, 4) is 0 Å². The number of ether oxygens (including phenoxy) is 2. The van der Waals surface area contributed by atoms with Crippen molar-refractivity contribution in [3.05, 3.63) is 85.1 Å². The quantitative estimate of drug-likeness (QED) is 0.0280. The molecule has 0 fully saturated rings. The van der Waals surface area contributed by atoms with Crippen molar-refractivity contribution in [2.75, 3.05) is 40.5 Å². The van der Waals surface area contributed by atoms with Crippen LogP contribution >= 0.6 is 7.82 Å². The largest absolute Gasteiger partial charge is 0.472 e. The van der Waals surface area contributed by atoms with Crippen molar-refractivity contribution in [1.82, 2.24) is 4.90 Å². The van der Waals surface area contributed by atoms with Gasteiger partial charge in [-0.1, -0.05) is 131 Å². The van der Waals surface area contributed by atoms with E-state index in [4.69, 9.17) is 18.5 Å². The van der Waals surface area contributed by atoms with Crippen LogP contribution in [0.5, 0.6) is 0 Å². The normalized spacial score (nSPS) is 14.2. The molecule has 326 valence electrons. The lowest BCUT2D eigenvalue weighted by Crippen LogP contribution is -2.29. The molecule has 0 rings (SSSR count). The number of carbonyl (C=O) groups is 2. The predicted octanol–water partition coefficient (Wildman–Crippen LogP) is 12.7. The molecule has 0 aromatic heterocycles. The van der Waals surface area contributed by atoms with E-state index in [-0.39, 0.29) is 26.1 Å². The first-order chi connectivity index (χ1) is 27.7. The molecule has 0 spiro atoms. The molecule has 9 nitrogen and oxygen atoms in total. The van der Waals surface area contributed by atoms with E-state index in [1.165, 1.54) is 44.9 Å². The van der Waals surface area contributed by atoms with Crippen LogP contribution in [0.25, 0.3) is 0 Å². The summed E-state index contributed by atoms with van der Waals surface area (Å²) in [5.41, 5.74) is 0. The molecule has 0 aliphatic rings. The minimum atomic E-state index is -4.39. The molecule has 0 aliphatic heterocycles. The molecule has 57 heavy (non-hydrogen) atoms. The van der Waals surface area contributed by atoms with Crippen LogP contribution in [0.2, 0.25) is 0 Å². The Balaban J connectivity index is 4.43. The highest BCUT2D eigenvalue weighted by Gasteiger charge is 2.26. The number of likely N-dealkylation sites (N-methyl/N-ethyl adjacent to an activating group) is 1. The molecule has 0 amide bonds. The van der Waals surface area contributed by atoms with Crippen LogP contribution in [0, 0.1) is 0 Å². The van der Waals surface area contributed by atoms with Crippen LogP contribution in [0.15, 0.2) is 85.1 Å². The van der Waals surface area contributed by atoms with Crippen molar-refractivity contribution < 1.29 is 37.6 Å². The standard InChI is InChI=1S/C47H80NO8P/c1-5-7-9-11-13-15-17-19-21-22-23-24-26-27-29-31-33-35-37-39-46(49)53-43-45(44-55-57(51,52)54-42-41-48(3)4)56-47(50)40-38-36-34-32-30-28-25-20-18-16-14-12-10-8-6-2/h13-16,19-21,23-25,27,29-30,32,45H,5-12,17-18,22,26,28,31,33-44H2,1-4H3,(H,51,52)/b15-13-,16-14-,21-19-,24-23-,25-20-,29-27-,32-30-. The molecule has 2 unspecified atom stereocenters. The number of phosphoric acid groups is 1. The zero-order chi connectivity index (χ0) is 41.9. The van der Waals surface area contributed by atoms with E-state index in [0.29, 0.717) is 19.4 Å². The molecule has 0 aromatic rings. The average molecular weight is 818 g/mol. The number of unbranched alkanes of at least 4 members (excludes halogenated alkanes) is 11. The van der Waals surface area contributed by atoms with Crippen LogP contribution < -0.4 is 0 Å². The zero-order valence-electron chi connectivity index (χ0n) is 36.2. The summed E-state index contributed by atoms with van der Waals surface area (Å²) in [5.74, 6) is -0.892. The van der Waals surface area contributed by atoms with Crippen LogP contribution in [-0.4, -0.2) is 68.3 Å². The fourth-order valence-corrected chi connectivity index (χ4v) is 6.00. The molecule has 0 bridgehead atoms. The highest BCUT2D eigenvalue weighted by molar-refractivity contribution is 7.47. The van der Waals surface area contributed by atoms with Crippen LogP contribution in [0.4, 0.5) is 0 Å². The molecule has 0 saturated carbocycles. The van der Waals surface area contributed by atoms with Gasteiger partial charge in [0.15, 0.2) is 6.10 Å². The Hall–Kier alpha value is -2.81. The minimum Gasteiger partial charge on any atom is -0.462 e. The molecule has 0 radical (unpaired) electrons. The predicted molar refractivity (Wildman–Crippen MR) is 238 cm³/mol. The molecular formula is C47H80NO8P. The van der Waals surface area contributed by atoms with Crippen molar-refractivity contribution in [3.63, 3.8) is 0 Å². The summed E-state index contributed by atoms with van der Waals surface area (Å²) < 4.78 is 33.4. The fraction of sp³-hybridized carbons (Fsp3) is 0.660. The summed E-state index contributed by atoms with van der Waals surface area (Å²) >= 11 is 0. The Kier molecular flexibility index (Phi) is 39.3. The van der Waals surface area contributed by atoms with Crippen molar-refractivity contribution >= 4 is 19.8 Å². The van der Waals surface area contributed by atoms with E-state index in [1.54, 1.807) is 4.90 Å². The minimum absolute atomic E-state index is 0.0100. The van der Waals surface area contributed by atoms with E-state index < -0.39 is 32.5 Å². The van der Waals surface area contributed by atoms with Gasteiger partial charge in [0.25, 0.3) is 0 Å². The second-order valence-corrected chi connectivity index (χ2v) is 16.0. The Bertz CT molecular complexity index is 1220. The Morgan fingerprint density at radius 2 is 0.947 bits per heavy atom. The molecule has 1 N–H and O–H groups in total. The van der Waals surface area contributed by atoms with Gasteiger partial charge in [0.05, 0.1) is 13.2 Å². The average Bonchev–Trinajstić information content (AvgIpc) is 3.18. The first-order valence-electron chi connectivity index (χ1n) is 21.9. The highest BCUT2D eigenvalue weighted by Crippen LogP contribution is 2.43. The third kappa shape index (κ3) is 42.6. The monoisotopic (exact) mass is 818 g/mol. The highest BCUT2D eigenvalue weighted by atomic mass is 31.2. The van der Waals surface area contributed by atoms with Gasteiger partial charge in [-0.25, -0.2) is 4.57 Å². The molecular weight excluding hydrogens is 737 g/mol. The summed E-state index contributed by atoms with van der Waals surface area (Å²) in [6.07, 6.45) is 50.6. The maximum absolute atomic E-state index is 12.6. The second-order valence-electron chi connectivity index (χ2n) is 14.5. The SMILES string of the molecule is CCCCC/C=C\C/C=C\C/C=C\C/C=C\CCCCCC(=O)OCC(COP(=O)(O)OCCN(C)C)OC(=O)CCCC/C=C\C/C=C\C/C=C\CCCCC. The van der Waals surface area contributed by atoms with Gasteiger partial charge in [-0.05, 0) is 110 Å². The number of hydrogen-bond donors (Lipinski definition) is 1. The summed E-state index contributed by atoms with van der Waals surface area (Å²) in [5, 5.41) is 0. The van der Waals surface area contributed by atoms with Gasteiger partial charge in [-0.15, -0.1) is 0 Å². The molecule has 0 saturated heterocycles. The lowest BCUT2D eigenvalue weighted by Gasteiger charge is -2.20. The summed E-state index contributed by atoms with van der Waals surface area (Å²) in [7, 11) is -0.758. The van der Waals surface area contributed by atoms with Crippen LogP contribution in [0.1, 0.15) is 155 Å². The van der Waals surface area contributed by atoms with E-state index in [9.17, 15) is 19.0 Å². The smallest absolute Gasteiger partial charge is 0.462 e. The first kappa shape index (κ1) is 54.2. The topological polar surface area (TPSA) is 112 Å². The fourth-order valence-electron chi connectivity index (χ4n) is 5.26. The first-order valence-corrected chi connectivity index (χ1v) is 23.4. The lowest BCUT2D eigenvalue weighted by molar-refractivity contribution is -0.161. The van der Waals surface area contributed by atoms with E-state index >= 15 is 0 Å². The molecule has 10 heteroatoms.